The van der Waals surface area contributed by atoms with Gasteiger partial charge in [0.05, 0.1) is 5.02 Å². The van der Waals surface area contributed by atoms with Crippen LogP contribution in [0.5, 0.6) is 0 Å². The Balaban J connectivity index is 1.47. The molecule has 0 spiro atoms. The summed E-state index contributed by atoms with van der Waals surface area (Å²) in [5.74, 6) is 2.27. The summed E-state index contributed by atoms with van der Waals surface area (Å²) < 4.78 is 0. The summed E-state index contributed by atoms with van der Waals surface area (Å²) in [5.41, 5.74) is 0. The van der Waals surface area contributed by atoms with Gasteiger partial charge in [-0.15, -0.1) is 0 Å². The summed E-state index contributed by atoms with van der Waals surface area (Å²) in [6.45, 7) is 2.91. The Hall–Kier alpha value is -1.29. The van der Waals surface area contributed by atoms with Crippen molar-refractivity contribution in [2.24, 2.45) is 11.8 Å². The summed E-state index contributed by atoms with van der Waals surface area (Å²) in [5, 5.41) is 0.676. The van der Waals surface area contributed by atoms with Gasteiger partial charge in [-0.25, -0.2) is 4.98 Å². The fourth-order valence-electron chi connectivity index (χ4n) is 3.34. The number of carbonyl (C=O) groups excluding carboxylic acids is 1. The molecule has 1 aromatic rings. The summed E-state index contributed by atoms with van der Waals surface area (Å²) >= 11 is 5.88. The van der Waals surface area contributed by atoms with E-state index in [-0.39, 0.29) is 0 Å². The summed E-state index contributed by atoms with van der Waals surface area (Å²) in [7, 11) is 1.97. The van der Waals surface area contributed by atoms with E-state index in [9.17, 15) is 4.79 Å². The smallest absolute Gasteiger partial charge is 0.225 e. The van der Waals surface area contributed by atoms with E-state index in [2.05, 4.69) is 9.88 Å². The van der Waals surface area contributed by atoms with Crippen LogP contribution >= 0.6 is 11.6 Å². The van der Waals surface area contributed by atoms with Crippen LogP contribution in [0.25, 0.3) is 0 Å². The monoisotopic (exact) mass is 321 g/mol. The van der Waals surface area contributed by atoms with Crippen molar-refractivity contribution in [2.45, 2.75) is 32.1 Å². The number of nitrogens with zero attached hydrogens (tertiary/aromatic N) is 3. The third kappa shape index (κ3) is 3.54. The predicted molar refractivity (Wildman–Crippen MR) is 89.2 cm³/mol. The molecule has 1 aromatic heterocycles. The zero-order valence-electron chi connectivity index (χ0n) is 13.2. The van der Waals surface area contributed by atoms with Crippen molar-refractivity contribution in [2.75, 3.05) is 31.6 Å². The zero-order valence-corrected chi connectivity index (χ0v) is 13.9. The molecular formula is C17H24ClN3O. The summed E-state index contributed by atoms with van der Waals surface area (Å²) in [4.78, 5) is 20.9. The number of pyridine rings is 1. The van der Waals surface area contributed by atoms with E-state index in [1.54, 1.807) is 6.20 Å². The third-order valence-electron chi connectivity index (χ3n) is 5.01. The molecule has 120 valence electrons. The first-order chi connectivity index (χ1) is 10.6. The van der Waals surface area contributed by atoms with Gasteiger partial charge in [-0.1, -0.05) is 18.0 Å². The molecule has 1 saturated heterocycles. The molecule has 2 fully saturated rings. The number of piperidine rings is 1. The second kappa shape index (κ2) is 6.86. The fourth-order valence-corrected chi connectivity index (χ4v) is 3.46. The molecule has 0 aromatic carbocycles. The molecule has 22 heavy (non-hydrogen) atoms. The van der Waals surface area contributed by atoms with Crippen LogP contribution in [-0.2, 0) is 4.79 Å². The Kier molecular flexibility index (Phi) is 4.87. The van der Waals surface area contributed by atoms with Gasteiger partial charge in [0.2, 0.25) is 5.91 Å². The van der Waals surface area contributed by atoms with Gasteiger partial charge in [-0.05, 0) is 43.7 Å². The molecule has 1 amide bonds. The molecule has 1 saturated carbocycles. The van der Waals surface area contributed by atoms with Crippen LogP contribution in [0.4, 0.5) is 5.82 Å². The van der Waals surface area contributed by atoms with E-state index in [4.69, 9.17) is 11.6 Å². The molecule has 1 aliphatic carbocycles. The first-order valence-electron chi connectivity index (χ1n) is 8.25. The summed E-state index contributed by atoms with van der Waals surface area (Å²) in [6.07, 6.45) is 7.33. The van der Waals surface area contributed by atoms with E-state index in [0.717, 1.165) is 51.1 Å². The molecule has 5 heteroatoms. The number of hydrogen-bond donors (Lipinski definition) is 0. The Labute approximate surface area is 137 Å². The van der Waals surface area contributed by atoms with Crippen molar-refractivity contribution in [3.8, 4) is 0 Å². The average Bonchev–Trinajstić information content (AvgIpc) is 2.47. The third-order valence-corrected chi connectivity index (χ3v) is 5.24. The largest absolute Gasteiger partial charge is 0.357 e. The maximum Gasteiger partial charge on any atom is 0.225 e. The molecule has 0 unspecified atom stereocenters. The number of anilines is 1. The van der Waals surface area contributed by atoms with Gasteiger partial charge in [-0.2, -0.15) is 0 Å². The van der Waals surface area contributed by atoms with Crippen LogP contribution in [0, 0.1) is 11.8 Å². The first kappa shape index (κ1) is 15.6. The highest BCUT2D eigenvalue weighted by Gasteiger charge is 2.29. The van der Waals surface area contributed by atoms with Gasteiger partial charge in [0.25, 0.3) is 0 Å². The molecule has 1 aliphatic heterocycles. The number of hydrogen-bond acceptors (Lipinski definition) is 3. The maximum atomic E-state index is 12.2. The maximum absolute atomic E-state index is 12.2. The van der Waals surface area contributed by atoms with Crippen molar-refractivity contribution in [3.05, 3.63) is 23.4 Å². The van der Waals surface area contributed by atoms with Gasteiger partial charge < -0.3 is 9.80 Å². The molecule has 3 rings (SSSR count). The minimum Gasteiger partial charge on any atom is -0.357 e. The minimum atomic E-state index is 0.309. The Morgan fingerprint density at radius 3 is 2.59 bits per heavy atom. The Morgan fingerprint density at radius 2 is 2.05 bits per heavy atom. The van der Waals surface area contributed by atoms with Crippen molar-refractivity contribution in [1.82, 2.24) is 9.88 Å². The molecule has 0 atom stereocenters. The number of carbonyl (C=O) groups is 1. The molecule has 4 nitrogen and oxygen atoms in total. The SMILES string of the molecule is CN(CC1CCN(c2ccc(Cl)cn2)CC1)C(=O)C1CCC1. The molecule has 0 radical (unpaired) electrons. The van der Waals surface area contributed by atoms with Gasteiger partial charge in [0.1, 0.15) is 5.82 Å². The fraction of sp³-hybridized carbons (Fsp3) is 0.647. The van der Waals surface area contributed by atoms with Crippen LogP contribution in [-0.4, -0.2) is 42.5 Å². The lowest BCUT2D eigenvalue weighted by Crippen LogP contribution is -2.42. The summed E-state index contributed by atoms with van der Waals surface area (Å²) in [6, 6.07) is 3.87. The van der Waals surface area contributed by atoms with Gasteiger partial charge in [0, 0.05) is 38.8 Å². The molecule has 0 N–H and O–H groups in total. The lowest BCUT2D eigenvalue weighted by molar-refractivity contribution is -0.137. The van der Waals surface area contributed by atoms with Crippen molar-refractivity contribution in [1.29, 1.82) is 0 Å². The van der Waals surface area contributed by atoms with E-state index in [1.165, 1.54) is 6.42 Å². The van der Waals surface area contributed by atoms with Crippen LogP contribution in [0.15, 0.2) is 18.3 Å². The topological polar surface area (TPSA) is 36.4 Å². The Bertz CT molecular complexity index is 507. The highest BCUT2D eigenvalue weighted by molar-refractivity contribution is 6.30. The van der Waals surface area contributed by atoms with Crippen LogP contribution in [0.2, 0.25) is 5.02 Å². The molecule has 2 aliphatic rings. The lowest BCUT2D eigenvalue weighted by Gasteiger charge is -2.36. The number of halogens is 1. The molecule has 2 heterocycles. The normalized spacial score (nSPS) is 19.8. The van der Waals surface area contributed by atoms with E-state index >= 15 is 0 Å². The highest BCUT2D eigenvalue weighted by Crippen LogP contribution is 2.29. The first-order valence-corrected chi connectivity index (χ1v) is 8.63. The lowest BCUT2D eigenvalue weighted by atomic mass is 9.84. The quantitative estimate of drug-likeness (QED) is 0.854. The number of rotatable bonds is 4. The number of amides is 1. The average molecular weight is 322 g/mol. The van der Waals surface area contributed by atoms with Crippen LogP contribution < -0.4 is 4.90 Å². The van der Waals surface area contributed by atoms with Crippen molar-refractivity contribution in [3.63, 3.8) is 0 Å². The van der Waals surface area contributed by atoms with E-state index in [0.29, 0.717) is 22.8 Å². The zero-order chi connectivity index (χ0) is 15.5. The van der Waals surface area contributed by atoms with Crippen molar-refractivity contribution < 1.29 is 4.79 Å². The van der Waals surface area contributed by atoms with Crippen LogP contribution in [0.1, 0.15) is 32.1 Å². The standard InChI is InChI=1S/C17H24ClN3O/c1-20(17(22)14-3-2-4-14)12-13-7-9-21(10-8-13)16-6-5-15(18)11-19-16/h5-6,11,13-14H,2-4,7-10,12H2,1H3. The van der Waals surface area contributed by atoms with E-state index < -0.39 is 0 Å². The Morgan fingerprint density at radius 1 is 1.32 bits per heavy atom. The second-order valence-corrected chi connectivity index (χ2v) is 7.05. The van der Waals surface area contributed by atoms with Gasteiger partial charge in [0.15, 0.2) is 0 Å². The minimum absolute atomic E-state index is 0.309. The second-order valence-electron chi connectivity index (χ2n) is 6.61. The van der Waals surface area contributed by atoms with Crippen LogP contribution in [0.3, 0.4) is 0 Å². The van der Waals surface area contributed by atoms with E-state index in [1.807, 2.05) is 24.1 Å². The highest BCUT2D eigenvalue weighted by atomic mass is 35.5. The number of aromatic nitrogens is 1. The predicted octanol–water partition coefficient (Wildman–Crippen LogP) is 3.21. The molecule has 0 bridgehead atoms. The van der Waals surface area contributed by atoms with Gasteiger partial charge >= 0.3 is 0 Å². The van der Waals surface area contributed by atoms with Crippen molar-refractivity contribution >= 4 is 23.3 Å². The van der Waals surface area contributed by atoms with Gasteiger partial charge in [-0.3, -0.25) is 4.79 Å². The molecular weight excluding hydrogens is 298 g/mol.